The summed E-state index contributed by atoms with van der Waals surface area (Å²) >= 11 is 5.37. The van der Waals surface area contributed by atoms with Crippen molar-refractivity contribution >= 4 is 23.0 Å². The van der Waals surface area contributed by atoms with Gasteiger partial charge in [0.1, 0.15) is 5.82 Å². The fourth-order valence-corrected chi connectivity index (χ4v) is 2.69. The van der Waals surface area contributed by atoms with E-state index in [1.807, 2.05) is 6.07 Å². The number of hydrogen-bond donors (Lipinski definition) is 1. The Labute approximate surface area is 89.5 Å². The number of rotatable bonds is 0. The van der Waals surface area contributed by atoms with Gasteiger partial charge in [-0.1, -0.05) is 29.9 Å². The molecule has 14 heavy (non-hydrogen) atoms. The lowest BCUT2D eigenvalue weighted by molar-refractivity contribution is 0.645. The largest absolute Gasteiger partial charge is 0.333 e. The molecule has 0 bridgehead atoms. The lowest BCUT2D eigenvalue weighted by Gasteiger charge is -2.34. The van der Waals surface area contributed by atoms with Crippen LogP contribution in [0.3, 0.4) is 0 Å². The van der Waals surface area contributed by atoms with Gasteiger partial charge < -0.3 is 5.32 Å². The number of allylic oxidation sites excluding steroid dienone is 1. The van der Waals surface area contributed by atoms with E-state index in [1.54, 1.807) is 6.20 Å². The summed E-state index contributed by atoms with van der Waals surface area (Å²) in [7, 11) is 0. The number of fused-ring (bicyclic) bond motifs is 2. The summed E-state index contributed by atoms with van der Waals surface area (Å²) < 4.78 is 0. The highest BCUT2D eigenvalue weighted by Crippen LogP contribution is 2.48. The van der Waals surface area contributed by atoms with Crippen LogP contribution >= 0.6 is 12.2 Å². The third-order valence-corrected chi connectivity index (χ3v) is 3.44. The molecule has 0 saturated heterocycles. The zero-order valence-corrected chi connectivity index (χ0v) is 8.69. The molecule has 2 aliphatic rings. The van der Waals surface area contributed by atoms with E-state index >= 15 is 0 Å². The molecule has 0 saturated carbocycles. The van der Waals surface area contributed by atoms with E-state index in [1.165, 1.54) is 11.1 Å². The molecule has 0 fully saturated rings. The van der Waals surface area contributed by atoms with Gasteiger partial charge >= 0.3 is 0 Å². The predicted octanol–water partition coefficient (Wildman–Crippen LogP) is 2.67. The van der Waals surface area contributed by atoms with Crippen molar-refractivity contribution in [3.05, 3.63) is 35.5 Å². The van der Waals surface area contributed by atoms with E-state index in [-0.39, 0.29) is 6.84 Å². The lowest BCUT2D eigenvalue weighted by atomic mass is 9.68. The van der Waals surface area contributed by atoms with Crippen LogP contribution in [0.2, 0.25) is 0 Å². The van der Waals surface area contributed by atoms with Crippen LogP contribution in [0.25, 0.3) is 0 Å². The minimum Gasteiger partial charge on any atom is -0.333 e. The molecule has 1 atom stereocenters. The molecule has 3 heteroatoms. The Morgan fingerprint density at radius 1 is 1.64 bits per heavy atom. The fraction of sp³-hybridized carbons (Fsp3) is 0.273. The van der Waals surface area contributed by atoms with Crippen LogP contribution in [0.5, 0.6) is 0 Å². The van der Waals surface area contributed by atoms with E-state index in [0.29, 0.717) is 0 Å². The molecule has 72 valence electrons. The number of thiocarbonyl (C=S) groups is 1. The summed E-state index contributed by atoms with van der Waals surface area (Å²) in [6.45, 7) is 2.14. The molecule has 1 aromatic rings. The van der Waals surface area contributed by atoms with Gasteiger partial charge in [-0.2, -0.15) is 0 Å². The third-order valence-electron chi connectivity index (χ3n) is 2.98. The number of nitrogens with zero attached hydrogens (tertiary/aromatic N) is 1. The standard InChI is InChI=1S/C11H10N2S.H2/c1-7-5-11(6-7)8-3-2-4-12-9(8)13-10(11)14;/h2-5H,6H2,1H3,(H,12,13,14);1H. The first-order chi connectivity index (χ1) is 6.72. The summed E-state index contributed by atoms with van der Waals surface area (Å²) in [5.41, 5.74) is 2.62. The molecule has 0 amide bonds. The minimum atomic E-state index is -0.0248. The monoisotopic (exact) mass is 204 g/mol. The second-order valence-electron chi connectivity index (χ2n) is 3.99. The summed E-state index contributed by atoms with van der Waals surface area (Å²) in [6.07, 6.45) is 5.08. The second-order valence-corrected chi connectivity index (χ2v) is 4.40. The van der Waals surface area contributed by atoms with Gasteiger partial charge in [-0.05, 0) is 19.4 Å². The molecule has 1 aromatic heterocycles. The first-order valence-electron chi connectivity index (χ1n) is 4.68. The average molecular weight is 204 g/mol. The highest BCUT2D eigenvalue weighted by atomic mass is 32.1. The molecule has 0 radical (unpaired) electrons. The molecular formula is C11H12N2S. The van der Waals surface area contributed by atoms with Crippen molar-refractivity contribution in [2.24, 2.45) is 0 Å². The maximum absolute atomic E-state index is 5.37. The van der Waals surface area contributed by atoms with Crippen LogP contribution in [0.15, 0.2) is 30.0 Å². The van der Waals surface area contributed by atoms with E-state index in [2.05, 4.69) is 29.4 Å². The Morgan fingerprint density at radius 3 is 3.14 bits per heavy atom. The minimum absolute atomic E-state index is 0. The number of pyridine rings is 1. The maximum Gasteiger partial charge on any atom is 0.135 e. The van der Waals surface area contributed by atoms with Crippen molar-refractivity contribution in [2.45, 2.75) is 18.8 Å². The third kappa shape index (κ3) is 0.805. The van der Waals surface area contributed by atoms with Gasteiger partial charge in [0.25, 0.3) is 0 Å². The van der Waals surface area contributed by atoms with E-state index in [9.17, 15) is 0 Å². The Morgan fingerprint density at radius 2 is 2.43 bits per heavy atom. The lowest BCUT2D eigenvalue weighted by Crippen LogP contribution is -2.37. The SMILES string of the molecule is CC1=CC2(C1)C(=S)Nc1ncccc12.[HH]. The van der Waals surface area contributed by atoms with Gasteiger partial charge in [0.05, 0.1) is 10.4 Å². The molecule has 2 heterocycles. The quantitative estimate of drug-likeness (QED) is 0.519. The van der Waals surface area contributed by atoms with Crippen molar-refractivity contribution in [2.75, 3.05) is 5.32 Å². The number of nitrogens with one attached hydrogen (secondary N) is 1. The van der Waals surface area contributed by atoms with Gasteiger partial charge in [-0.3, -0.25) is 0 Å². The summed E-state index contributed by atoms with van der Waals surface area (Å²) in [6, 6.07) is 4.08. The molecule has 1 spiro atoms. The van der Waals surface area contributed by atoms with Crippen LogP contribution < -0.4 is 5.32 Å². The zero-order valence-electron chi connectivity index (χ0n) is 7.87. The summed E-state index contributed by atoms with van der Waals surface area (Å²) in [5.74, 6) is 0.932. The Balaban J connectivity index is 0.000000853. The van der Waals surface area contributed by atoms with Crippen LogP contribution in [0.4, 0.5) is 5.82 Å². The molecule has 1 unspecified atom stereocenters. The van der Waals surface area contributed by atoms with Crippen LogP contribution in [0, 0.1) is 0 Å². The van der Waals surface area contributed by atoms with Crippen molar-refractivity contribution in [3.8, 4) is 0 Å². The molecule has 1 aliphatic heterocycles. The van der Waals surface area contributed by atoms with Crippen LogP contribution in [-0.4, -0.2) is 9.97 Å². The normalized spacial score (nSPS) is 28.1. The van der Waals surface area contributed by atoms with Crippen LogP contribution in [0.1, 0.15) is 20.3 Å². The van der Waals surface area contributed by atoms with E-state index < -0.39 is 0 Å². The zero-order chi connectivity index (χ0) is 9.76. The maximum atomic E-state index is 5.37. The topological polar surface area (TPSA) is 24.9 Å². The van der Waals surface area contributed by atoms with Crippen molar-refractivity contribution in [1.29, 1.82) is 0 Å². The summed E-state index contributed by atoms with van der Waals surface area (Å²) in [4.78, 5) is 5.18. The Hall–Kier alpha value is -1.22. The van der Waals surface area contributed by atoms with Gasteiger partial charge in [-0.25, -0.2) is 4.98 Å². The predicted molar refractivity (Wildman–Crippen MR) is 62.6 cm³/mol. The summed E-state index contributed by atoms with van der Waals surface area (Å²) in [5, 5.41) is 3.19. The van der Waals surface area contributed by atoms with Crippen molar-refractivity contribution < 1.29 is 1.43 Å². The molecule has 1 N–H and O–H groups in total. The van der Waals surface area contributed by atoms with Crippen LogP contribution in [-0.2, 0) is 5.41 Å². The Kier molecular flexibility index (Phi) is 1.40. The van der Waals surface area contributed by atoms with E-state index in [0.717, 1.165) is 17.2 Å². The number of aromatic nitrogens is 1. The van der Waals surface area contributed by atoms with Gasteiger partial charge in [0.15, 0.2) is 0 Å². The highest BCUT2D eigenvalue weighted by molar-refractivity contribution is 7.80. The first-order valence-corrected chi connectivity index (χ1v) is 5.08. The van der Waals surface area contributed by atoms with Gasteiger partial charge in [-0.15, -0.1) is 0 Å². The van der Waals surface area contributed by atoms with Crippen molar-refractivity contribution in [1.82, 2.24) is 4.98 Å². The molecule has 1 aliphatic carbocycles. The Bertz CT molecular complexity index is 469. The van der Waals surface area contributed by atoms with Gasteiger partial charge in [0.2, 0.25) is 0 Å². The highest BCUT2D eigenvalue weighted by Gasteiger charge is 2.47. The molecule has 3 rings (SSSR count). The molecule has 2 nitrogen and oxygen atoms in total. The first kappa shape index (κ1) is 8.12. The molecular weight excluding hydrogens is 192 g/mol. The smallest absolute Gasteiger partial charge is 0.135 e. The molecule has 0 aromatic carbocycles. The van der Waals surface area contributed by atoms with Crippen molar-refractivity contribution in [3.63, 3.8) is 0 Å². The number of hydrogen-bond acceptors (Lipinski definition) is 2. The number of anilines is 1. The second kappa shape index (κ2) is 2.42. The average Bonchev–Trinajstić information content (AvgIpc) is 2.40. The van der Waals surface area contributed by atoms with E-state index in [4.69, 9.17) is 12.2 Å². The van der Waals surface area contributed by atoms with Gasteiger partial charge in [0, 0.05) is 13.2 Å². The fourth-order valence-electron chi connectivity index (χ4n) is 2.36.